The maximum atomic E-state index is 12.9. The molecule has 1 amide bonds. The summed E-state index contributed by atoms with van der Waals surface area (Å²) in [5, 5.41) is 7.41. The van der Waals surface area contributed by atoms with Crippen LogP contribution in [0.3, 0.4) is 0 Å². The van der Waals surface area contributed by atoms with Crippen LogP contribution in [0.25, 0.3) is 0 Å². The molecule has 0 aromatic heterocycles. The number of ether oxygens (including phenoxy) is 2. The van der Waals surface area contributed by atoms with Crippen LogP contribution in [-0.4, -0.2) is 60.2 Å². The Morgan fingerprint density at radius 1 is 1.15 bits per heavy atom. The van der Waals surface area contributed by atoms with Crippen LogP contribution in [0.5, 0.6) is 0 Å². The van der Waals surface area contributed by atoms with Crippen LogP contribution < -0.4 is 0 Å². The molecule has 0 bridgehead atoms. The Morgan fingerprint density at radius 2 is 1.94 bits per heavy atom. The third-order valence-corrected chi connectivity index (χ3v) is 6.52. The summed E-state index contributed by atoms with van der Waals surface area (Å²) in [6.07, 6.45) is 8.95. The molecule has 1 aliphatic carbocycles. The number of amides is 1. The lowest BCUT2D eigenvalue weighted by atomic mass is 9.84. The number of carbonyl (C=O) groups excluding carboxylic acids is 1. The van der Waals surface area contributed by atoms with Gasteiger partial charge in [-0.25, -0.2) is 4.79 Å². The van der Waals surface area contributed by atoms with Gasteiger partial charge in [0, 0.05) is 32.5 Å². The van der Waals surface area contributed by atoms with Crippen molar-refractivity contribution >= 4 is 11.8 Å². The van der Waals surface area contributed by atoms with Crippen molar-refractivity contribution in [2.75, 3.05) is 26.8 Å². The van der Waals surface area contributed by atoms with E-state index in [0.29, 0.717) is 25.0 Å². The average Bonchev–Trinajstić information content (AvgIpc) is 3.20. The number of hydrazone groups is 1. The van der Waals surface area contributed by atoms with Crippen molar-refractivity contribution in [2.45, 2.75) is 90.3 Å². The standard InChI is InChI=1S/C27H43N3O3/c1-27(2,3)33-26(31)29(20-22-12-6-5-7-13-22)18-10-15-23-14-8-9-17-25(23)28-30-19-11-16-24(30)21-32-4/h5-7,12-13,23-24H,8-11,14-21H2,1-4H3/b28-25+/t23-,24-/m0/s1. The zero-order valence-corrected chi connectivity index (χ0v) is 21.1. The van der Waals surface area contributed by atoms with Crippen LogP contribution in [0.15, 0.2) is 35.4 Å². The zero-order chi connectivity index (χ0) is 23.7. The molecule has 1 aliphatic heterocycles. The van der Waals surface area contributed by atoms with Crippen molar-refractivity contribution in [1.82, 2.24) is 9.91 Å². The van der Waals surface area contributed by atoms with Gasteiger partial charge >= 0.3 is 6.09 Å². The van der Waals surface area contributed by atoms with E-state index in [-0.39, 0.29) is 6.09 Å². The second-order valence-corrected chi connectivity index (χ2v) is 10.5. The van der Waals surface area contributed by atoms with E-state index in [0.717, 1.165) is 38.0 Å². The predicted molar refractivity (Wildman–Crippen MR) is 133 cm³/mol. The van der Waals surface area contributed by atoms with E-state index in [1.54, 1.807) is 7.11 Å². The number of carbonyl (C=O) groups is 1. The number of rotatable bonds is 9. The summed E-state index contributed by atoms with van der Waals surface area (Å²) in [5.41, 5.74) is 1.99. The van der Waals surface area contributed by atoms with Gasteiger partial charge in [-0.3, -0.25) is 5.01 Å². The number of methoxy groups -OCH3 is 1. The first-order valence-electron chi connectivity index (χ1n) is 12.7. The highest BCUT2D eigenvalue weighted by atomic mass is 16.6. The SMILES string of the molecule is COC[C@@H]1CCCN1/N=C1\CCCC[C@H]1CCCN(Cc1ccccc1)C(=O)OC(C)(C)C. The molecule has 2 aliphatic rings. The molecule has 1 heterocycles. The molecule has 6 nitrogen and oxygen atoms in total. The van der Waals surface area contributed by atoms with Gasteiger partial charge in [0.15, 0.2) is 0 Å². The highest BCUT2D eigenvalue weighted by molar-refractivity contribution is 5.87. The van der Waals surface area contributed by atoms with Crippen molar-refractivity contribution in [3.63, 3.8) is 0 Å². The molecule has 0 spiro atoms. The summed E-state index contributed by atoms with van der Waals surface area (Å²) >= 11 is 0. The second-order valence-electron chi connectivity index (χ2n) is 10.5. The first-order valence-corrected chi connectivity index (χ1v) is 12.7. The lowest BCUT2D eigenvalue weighted by Crippen LogP contribution is -2.37. The molecule has 0 unspecified atom stereocenters. The van der Waals surface area contributed by atoms with Crippen LogP contribution in [0.1, 0.15) is 77.7 Å². The minimum absolute atomic E-state index is 0.233. The van der Waals surface area contributed by atoms with Crippen molar-refractivity contribution in [2.24, 2.45) is 11.0 Å². The fourth-order valence-corrected chi connectivity index (χ4v) is 4.88. The highest BCUT2D eigenvalue weighted by Gasteiger charge is 2.27. The van der Waals surface area contributed by atoms with Crippen molar-refractivity contribution < 1.29 is 14.3 Å². The lowest BCUT2D eigenvalue weighted by Gasteiger charge is -2.30. The molecule has 0 N–H and O–H groups in total. The number of hydrogen-bond acceptors (Lipinski definition) is 5. The van der Waals surface area contributed by atoms with Crippen LogP contribution in [0.4, 0.5) is 4.79 Å². The summed E-state index contributed by atoms with van der Waals surface area (Å²) in [4.78, 5) is 14.8. The fraction of sp³-hybridized carbons (Fsp3) is 0.704. The van der Waals surface area contributed by atoms with E-state index in [9.17, 15) is 4.79 Å². The molecule has 6 heteroatoms. The molecule has 1 aromatic rings. The maximum absolute atomic E-state index is 12.9. The van der Waals surface area contributed by atoms with E-state index in [4.69, 9.17) is 14.6 Å². The van der Waals surface area contributed by atoms with E-state index in [1.165, 1.54) is 37.8 Å². The Morgan fingerprint density at radius 3 is 2.67 bits per heavy atom. The Labute approximate surface area is 200 Å². The monoisotopic (exact) mass is 457 g/mol. The molecule has 0 radical (unpaired) electrons. The van der Waals surface area contributed by atoms with Gasteiger partial charge in [0.25, 0.3) is 0 Å². The van der Waals surface area contributed by atoms with Gasteiger partial charge in [-0.1, -0.05) is 36.8 Å². The Kier molecular flexibility index (Phi) is 9.60. The first-order chi connectivity index (χ1) is 15.9. The third-order valence-electron chi connectivity index (χ3n) is 6.52. The molecular weight excluding hydrogens is 414 g/mol. The molecule has 1 saturated carbocycles. The molecule has 2 atom stereocenters. The number of hydrogen-bond donors (Lipinski definition) is 0. The summed E-state index contributed by atoms with van der Waals surface area (Å²) in [5.74, 6) is 0.514. The predicted octanol–water partition coefficient (Wildman–Crippen LogP) is 5.86. The Bertz CT molecular complexity index is 760. The van der Waals surface area contributed by atoms with E-state index < -0.39 is 5.60 Å². The number of nitrogens with zero attached hydrogens (tertiary/aromatic N) is 3. The third kappa shape index (κ3) is 8.33. The lowest BCUT2D eigenvalue weighted by molar-refractivity contribution is 0.0229. The van der Waals surface area contributed by atoms with Crippen molar-refractivity contribution in [3.05, 3.63) is 35.9 Å². The average molecular weight is 458 g/mol. The van der Waals surface area contributed by atoms with Gasteiger partial charge < -0.3 is 14.4 Å². The summed E-state index contributed by atoms with van der Waals surface area (Å²) in [6.45, 7) is 8.83. The van der Waals surface area contributed by atoms with Gasteiger partial charge in [0.1, 0.15) is 5.60 Å². The van der Waals surface area contributed by atoms with E-state index in [2.05, 4.69) is 17.1 Å². The van der Waals surface area contributed by atoms with Crippen molar-refractivity contribution in [3.8, 4) is 0 Å². The molecule has 1 aromatic carbocycles. The van der Waals surface area contributed by atoms with Gasteiger partial charge in [-0.15, -0.1) is 0 Å². The quantitative estimate of drug-likeness (QED) is 0.466. The first kappa shape index (κ1) is 25.5. The molecule has 184 valence electrons. The van der Waals surface area contributed by atoms with Crippen LogP contribution in [-0.2, 0) is 16.0 Å². The van der Waals surface area contributed by atoms with E-state index >= 15 is 0 Å². The van der Waals surface area contributed by atoms with Crippen LogP contribution in [0, 0.1) is 5.92 Å². The fourth-order valence-electron chi connectivity index (χ4n) is 4.88. The van der Waals surface area contributed by atoms with Crippen LogP contribution >= 0.6 is 0 Å². The second kappa shape index (κ2) is 12.4. The Hall–Kier alpha value is -2.08. The largest absolute Gasteiger partial charge is 0.444 e. The van der Waals surface area contributed by atoms with Gasteiger partial charge in [0.05, 0.1) is 12.6 Å². The minimum Gasteiger partial charge on any atom is -0.444 e. The Balaban J connectivity index is 1.60. The zero-order valence-electron chi connectivity index (χ0n) is 21.1. The number of benzene rings is 1. The molecule has 3 rings (SSSR count). The summed E-state index contributed by atoms with van der Waals surface area (Å²) in [7, 11) is 1.78. The molecule has 2 fully saturated rings. The highest BCUT2D eigenvalue weighted by Crippen LogP contribution is 2.28. The molecular formula is C27H43N3O3. The normalized spacial score (nSPS) is 22.5. The van der Waals surface area contributed by atoms with Gasteiger partial charge in [-0.05, 0) is 77.2 Å². The molecule has 1 saturated heterocycles. The van der Waals surface area contributed by atoms with Crippen molar-refractivity contribution in [1.29, 1.82) is 0 Å². The minimum atomic E-state index is -0.496. The summed E-state index contributed by atoms with van der Waals surface area (Å²) in [6, 6.07) is 10.6. The smallest absolute Gasteiger partial charge is 0.410 e. The maximum Gasteiger partial charge on any atom is 0.410 e. The van der Waals surface area contributed by atoms with E-state index in [1.807, 2.05) is 43.9 Å². The molecule has 33 heavy (non-hydrogen) atoms. The summed E-state index contributed by atoms with van der Waals surface area (Å²) < 4.78 is 11.1. The van der Waals surface area contributed by atoms with Crippen LogP contribution in [0.2, 0.25) is 0 Å². The van der Waals surface area contributed by atoms with Gasteiger partial charge in [-0.2, -0.15) is 5.10 Å². The van der Waals surface area contributed by atoms with Gasteiger partial charge in [0.2, 0.25) is 0 Å². The topological polar surface area (TPSA) is 54.4 Å².